The highest BCUT2D eigenvalue weighted by Gasteiger charge is 2.01. The summed E-state index contributed by atoms with van der Waals surface area (Å²) in [5, 5.41) is 0.701. The third-order valence-corrected chi connectivity index (χ3v) is 3.18. The number of halogens is 1. The van der Waals surface area contributed by atoms with Gasteiger partial charge in [-0.05, 0) is 61.0 Å². The van der Waals surface area contributed by atoms with Gasteiger partial charge >= 0.3 is 0 Å². The molecule has 0 saturated heterocycles. The zero-order chi connectivity index (χ0) is 15.9. The van der Waals surface area contributed by atoms with Gasteiger partial charge in [-0.25, -0.2) is 0 Å². The van der Waals surface area contributed by atoms with Crippen molar-refractivity contribution in [2.24, 2.45) is 4.99 Å². The Morgan fingerprint density at radius 2 is 1.59 bits per heavy atom. The third-order valence-electron chi connectivity index (χ3n) is 3.07. The first-order valence-electron chi connectivity index (χ1n) is 6.82. The predicted molar refractivity (Wildman–Crippen MR) is 92.7 cm³/mol. The van der Waals surface area contributed by atoms with Crippen LogP contribution in [0.25, 0.3) is 6.08 Å². The molecule has 0 aliphatic heterocycles. The largest absolute Gasteiger partial charge is 0.497 e. The van der Waals surface area contributed by atoms with E-state index in [1.165, 1.54) is 0 Å². The van der Waals surface area contributed by atoms with Crippen LogP contribution in [0.4, 0.5) is 5.69 Å². The van der Waals surface area contributed by atoms with Crippen LogP contribution in [-0.2, 0) is 0 Å². The Balaban J connectivity index is 2.30. The normalized spacial score (nSPS) is 11.7. The van der Waals surface area contributed by atoms with E-state index in [0.29, 0.717) is 5.03 Å². The summed E-state index contributed by atoms with van der Waals surface area (Å²) < 4.78 is 10.4. The number of nitrogens with zero attached hydrogens (tertiary/aromatic N) is 1. The average Bonchev–Trinajstić information content (AvgIpc) is 2.53. The Hall–Kier alpha value is -2.26. The molecule has 0 atom stereocenters. The summed E-state index contributed by atoms with van der Waals surface area (Å²) in [6.07, 6.45) is 3.70. The van der Waals surface area contributed by atoms with Gasteiger partial charge in [0.05, 0.1) is 19.9 Å². The van der Waals surface area contributed by atoms with Gasteiger partial charge in [-0.1, -0.05) is 11.6 Å². The quantitative estimate of drug-likeness (QED) is 0.722. The van der Waals surface area contributed by atoms with Gasteiger partial charge in [-0.2, -0.15) is 0 Å². The molecule has 0 aliphatic carbocycles. The van der Waals surface area contributed by atoms with E-state index >= 15 is 0 Å². The SMILES string of the molecule is COc1ccc(/N=C/c2ccc(OC)cc2/C=C(/C)Cl)cc1. The molecule has 0 radical (unpaired) electrons. The van der Waals surface area contributed by atoms with Gasteiger partial charge in [0, 0.05) is 16.8 Å². The van der Waals surface area contributed by atoms with Gasteiger partial charge in [-0.15, -0.1) is 0 Å². The van der Waals surface area contributed by atoms with Crippen molar-refractivity contribution in [1.82, 2.24) is 0 Å². The highest BCUT2D eigenvalue weighted by Crippen LogP contribution is 2.22. The van der Waals surface area contributed by atoms with E-state index in [-0.39, 0.29) is 0 Å². The smallest absolute Gasteiger partial charge is 0.119 e. The van der Waals surface area contributed by atoms with Crippen LogP contribution in [0.2, 0.25) is 0 Å². The molecule has 0 amide bonds. The lowest BCUT2D eigenvalue weighted by Crippen LogP contribution is -1.90. The van der Waals surface area contributed by atoms with Gasteiger partial charge in [-0.3, -0.25) is 4.99 Å². The van der Waals surface area contributed by atoms with Crippen molar-refractivity contribution in [2.45, 2.75) is 6.92 Å². The molecule has 3 nitrogen and oxygen atoms in total. The minimum atomic E-state index is 0.701. The van der Waals surface area contributed by atoms with Crippen molar-refractivity contribution in [3.05, 3.63) is 58.6 Å². The molecule has 4 heteroatoms. The summed E-state index contributed by atoms with van der Waals surface area (Å²) in [4.78, 5) is 4.48. The molecule has 0 N–H and O–H groups in total. The van der Waals surface area contributed by atoms with E-state index in [9.17, 15) is 0 Å². The lowest BCUT2D eigenvalue weighted by Gasteiger charge is -2.05. The Labute approximate surface area is 135 Å². The van der Waals surface area contributed by atoms with Crippen LogP contribution in [0.3, 0.4) is 0 Å². The maximum absolute atomic E-state index is 5.99. The Morgan fingerprint density at radius 1 is 0.955 bits per heavy atom. The van der Waals surface area contributed by atoms with Gasteiger partial charge in [0.2, 0.25) is 0 Å². The zero-order valence-electron chi connectivity index (χ0n) is 12.8. The maximum atomic E-state index is 5.99. The summed E-state index contributed by atoms with van der Waals surface area (Å²) in [6, 6.07) is 13.4. The molecule has 0 saturated carbocycles. The average molecular weight is 316 g/mol. The van der Waals surface area contributed by atoms with Gasteiger partial charge < -0.3 is 9.47 Å². The number of ether oxygens (including phenoxy) is 2. The number of methoxy groups -OCH3 is 2. The maximum Gasteiger partial charge on any atom is 0.119 e. The first-order chi connectivity index (χ1) is 10.6. The minimum Gasteiger partial charge on any atom is -0.497 e. The monoisotopic (exact) mass is 315 g/mol. The van der Waals surface area contributed by atoms with E-state index < -0.39 is 0 Å². The summed E-state index contributed by atoms with van der Waals surface area (Å²) >= 11 is 5.99. The van der Waals surface area contributed by atoms with Crippen molar-refractivity contribution in [3.63, 3.8) is 0 Å². The highest BCUT2D eigenvalue weighted by molar-refractivity contribution is 6.31. The molecule has 22 heavy (non-hydrogen) atoms. The zero-order valence-corrected chi connectivity index (χ0v) is 13.6. The molecule has 0 aromatic heterocycles. The molecule has 0 fully saturated rings. The molecule has 2 aromatic rings. The molecule has 114 valence electrons. The molecular weight excluding hydrogens is 298 g/mol. The molecule has 0 bridgehead atoms. The van der Waals surface area contributed by atoms with Crippen molar-refractivity contribution < 1.29 is 9.47 Å². The molecule has 2 rings (SSSR count). The molecule has 0 heterocycles. The number of hydrogen-bond donors (Lipinski definition) is 0. The lowest BCUT2D eigenvalue weighted by molar-refractivity contribution is 0.414. The second-order valence-electron chi connectivity index (χ2n) is 4.68. The van der Waals surface area contributed by atoms with Crippen LogP contribution in [-0.4, -0.2) is 20.4 Å². The van der Waals surface area contributed by atoms with Gasteiger partial charge in [0.25, 0.3) is 0 Å². The van der Waals surface area contributed by atoms with Crippen LogP contribution in [0, 0.1) is 0 Å². The summed E-state index contributed by atoms with van der Waals surface area (Å²) in [5.41, 5.74) is 2.79. The van der Waals surface area contributed by atoms with E-state index in [2.05, 4.69) is 4.99 Å². The van der Waals surface area contributed by atoms with Crippen LogP contribution in [0.1, 0.15) is 18.1 Å². The van der Waals surface area contributed by atoms with Crippen LogP contribution >= 0.6 is 11.6 Å². The van der Waals surface area contributed by atoms with E-state index in [0.717, 1.165) is 28.3 Å². The number of rotatable bonds is 5. The first kappa shape index (κ1) is 16.1. The molecular formula is C18H18ClNO2. The molecule has 0 spiro atoms. The number of allylic oxidation sites excluding steroid dienone is 1. The first-order valence-corrected chi connectivity index (χ1v) is 7.20. The van der Waals surface area contributed by atoms with Crippen molar-refractivity contribution >= 4 is 29.6 Å². The number of hydrogen-bond acceptors (Lipinski definition) is 3. The van der Waals surface area contributed by atoms with Gasteiger partial charge in [0.1, 0.15) is 11.5 Å². The van der Waals surface area contributed by atoms with Crippen molar-refractivity contribution in [1.29, 1.82) is 0 Å². The van der Waals surface area contributed by atoms with E-state index in [1.54, 1.807) is 14.2 Å². The summed E-state index contributed by atoms with van der Waals surface area (Å²) in [5.74, 6) is 1.59. The minimum absolute atomic E-state index is 0.701. The Morgan fingerprint density at radius 3 is 2.18 bits per heavy atom. The highest BCUT2D eigenvalue weighted by atomic mass is 35.5. The molecule has 0 unspecified atom stereocenters. The van der Waals surface area contributed by atoms with Crippen molar-refractivity contribution in [2.75, 3.05) is 14.2 Å². The van der Waals surface area contributed by atoms with E-state index in [1.807, 2.05) is 61.7 Å². The summed E-state index contributed by atoms with van der Waals surface area (Å²) in [7, 11) is 3.28. The Bertz CT molecular complexity index is 687. The fourth-order valence-electron chi connectivity index (χ4n) is 1.95. The second kappa shape index (κ2) is 7.66. The second-order valence-corrected chi connectivity index (χ2v) is 5.28. The topological polar surface area (TPSA) is 30.8 Å². The fraction of sp³-hybridized carbons (Fsp3) is 0.167. The van der Waals surface area contributed by atoms with Crippen LogP contribution in [0.15, 0.2) is 52.5 Å². The standard InChI is InChI=1S/C18H18ClNO2/c1-13(19)10-15-11-18(22-3)7-4-14(15)12-20-16-5-8-17(21-2)9-6-16/h4-12H,1-3H3/b13-10-,20-12+. The summed E-state index contributed by atoms with van der Waals surface area (Å²) in [6.45, 7) is 1.84. The molecule has 2 aromatic carbocycles. The van der Waals surface area contributed by atoms with Crippen molar-refractivity contribution in [3.8, 4) is 11.5 Å². The van der Waals surface area contributed by atoms with Crippen LogP contribution in [0.5, 0.6) is 11.5 Å². The fourth-order valence-corrected chi connectivity index (χ4v) is 2.07. The van der Waals surface area contributed by atoms with Gasteiger partial charge in [0.15, 0.2) is 0 Å². The Kier molecular flexibility index (Phi) is 5.61. The number of benzene rings is 2. The third kappa shape index (κ3) is 4.37. The van der Waals surface area contributed by atoms with E-state index in [4.69, 9.17) is 21.1 Å². The van der Waals surface area contributed by atoms with Crippen LogP contribution < -0.4 is 9.47 Å². The molecule has 0 aliphatic rings. The predicted octanol–water partition coefficient (Wildman–Crippen LogP) is 5.05. The number of aliphatic imine (C=N–C) groups is 1. The lowest BCUT2D eigenvalue weighted by atomic mass is 10.1.